The minimum absolute atomic E-state index is 0.180. The fraction of sp³-hybridized carbons (Fsp3) is 0.450. The minimum Gasteiger partial charge on any atom is -0.497 e. The molecule has 0 saturated carbocycles. The number of carbonyl (C=O) groups excluding carboxylic acids is 1. The minimum atomic E-state index is 0.180. The van der Waals surface area contributed by atoms with E-state index in [-0.39, 0.29) is 5.91 Å². The highest BCUT2D eigenvalue weighted by Crippen LogP contribution is 2.22. The van der Waals surface area contributed by atoms with E-state index in [0.29, 0.717) is 13.1 Å². The van der Waals surface area contributed by atoms with Crippen molar-refractivity contribution in [1.29, 1.82) is 0 Å². The fourth-order valence-electron chi connectivity index (χ4n) is 3.18. The van der Waals surface area contributed by atoms with Crippen LogP contribution in [0.15, 0.2) is 36.4 Å². The van der Waals surface area contributed by atoms with E-state index in [1.165, 1.54) is 5.39 Å². The summed E-state index contributed by atoms with van der Waals surface area (Å²) in [6.45, 7) is 5.14. The van der Waals surface area contributed by atoms with Gasteiger partial charge in [0.25, 0.3) is 0 Å². The van der Waals surface area contributed by atoms with Crippen LogP contribution in [0.3, 0.4) is 0 Å². The number of carbonyl (C=O) groups is 1. The summed E-state index contributed by atoms with van der Waals surface area (Å²) in [6.07, 6.45) is 0. The molecule has 25 heavy (non-hydrogen) atoms. The van der Waals surface area contributed by atoms with Gasteiger partial charge in [-0.15, -0.1) is 0 Å². The first-order valence-corrected chi connectivity index (χ1v) is 8.77. The van der Waals surface area contributed by atoms with Gasteiger partial charge in [0.15, 0.2) is 0 Å². The summed E-state index contributed by atoms with van der Waals surface area (Å²) in [4.78, 5) is 18.9. The second-order valence-corrected chi connectivity index (χ2v) is 6.88. The van der Waals surface area contributed by atoms with Gasteiger partial charge in [-0.2, -0.15) is 0 Å². The van der Waals surface area contributed by atoms with E-state index in [1.54, 1.807) is 7.11 Å². The number of rotatable bonds is 5. The summed E-state index contributed by atoms with van der Waals surface area (Å²) in [5.41, 5.74) is 1.15. The third-order valence-corrected chi connectivity index (χ3v) is 4.91. The quantitative estimate of drug-likeness (QED) is 0.834. The van der Waals surface area contributed by atoms with Gasteiger partial charge in [0.2, 0.25) is 5.91 Å². The van der Waals surface area contributed by atoms with E-state index in [9.17, 15) is 4.79 Å². The lowest BCUT2D eigenvalue weighted by Gasteiger charge is -2.32. The molecule has 0 atom stereocenters. The number of methoxy groups -OCH3 is 1. The van der Waals surface area contributed by atoms with Crippen molar-refractivity contribution in [1.82, 2.24) is 14.7 Å². The highest BCUT2D eigenvalue weighted by atomic mass is 16.5. The molecule has 1 aliphatic heterocycles. The number of piperazine rings is 1. The molecule has 0 bridgehead atoms. The Morgan fingerprint density at radius 3 is 2.48 bits per heavy atom. The molecule has 3 rings (SSSR count). The van der Waals surface area contributed by atoms with Crippen molar-refractivity contribution in [3.63, 3.8) is 0 Å². The van der Waals surface area contributed by atoms with Gasteiger partial charge in [0, 0.05) is 39.8 Å². The molecule has 2 aromatic carbocycles. The lowest BCUT2D eigenvalue weighted by atomic mass is 10.1. The second kappa shape index (κ2) is 7.85. The zero-order valence-corrected chi connectivity index (χ0v) is 15.4. The average Bonchev–Trinajstić information content (AvgIpc) is 2.63. The maximum atomic E-state index is 12.5. The smallest absolute Gasteiger partial charge is 0.236 e. The molecule has 0 N–H and O–H groups in total. The SMILES string of the molecule is COc1ccc2cc(CN(C)C(=O)CN3CCN(C)CC3)ccc2c1. The molecule has 134 valence electrons. The van der Waals surface area contributed by atoms with Crippen molar-refractivity contribution in [2.24, 2.45) is 0 Å². The van der Waals surface area contributed by atoms with Gasteiger partial charge in [-0.3, -0.25) is 9.69 Å². The van der Waals surface area contributed by atoms with Gasteiger partial charge in [-0.25, -0.2) is 0 Å². The molecule has 5 nitrogen and oxygen atoms in total. The Bertz CT molecular complexity index is 739. The molecule has 2 aromatic rings. The molecule has 0 aromatic heterocycles. The van der Waals surface area contributed by atoms with Crippen LogP contribution in [-0.2, 0) is 11.3 Å². The third-order valence-electron chi connectivity index (χ3n) is 4.91. The van der Waals surface area contributed by atoms with E-state index in [2.05, 4.69) is 41.1 Å². The standard InChI is InChI=1S/C20H27N3O2/c1-21-8-10-23(11-9-21)15-20(24)22(2)14-16-4-5-18-13-19(25-3)7-6-17(18)12-16/h4-7,12-13H,8-11,14-15H2,1-3H3. The zero-order valence-electron chi connectivity index (χ0n) is 15.4. The third kappa shape index (κ3) is 4.50. The number of ether oxygens (including phenoxy) is 1. The van der Waals surface area contributed by atoms with Crippen LogP contribution in [0.1, 0.15) is 5.56 Å². The number of benzene rings is 2. The molecule has 0 spiro atoms. The molecule has 5 heteroatoms. The first-order chi connectivity index (χ1) is 12.0. The zero-order chi connectivity index (χ0) is 17.8. The first kappa shape index (κ1) is 17.7. The molecule has 1 amide bonds. The molecule has 1 fully saturated rings. The number of hydrogen-bond acceptors (Lipinski definition) is 4. The number of nitrogens with zero attached hydrogens (tertiary/aromatic N) is 3. The van der Waals surface area contributed by atoms with Crippen LogP contribution in [0.25, 0.3) is 10.8 Å². The lowest BCUT2D eigenvalue weighted by molar-refractivity contribution is -0.132. The summed E-state index contributed by atoms with van der Waals surface area (Å²) in [5, 5.41) is 2.31. The summed E-state index contributed by atoms with van der Waals surface area (Å²) in [6, 6.07) is 12.4. The van der Waals surface area contributed by atoms with Crippen LogP contribution in [0, 0.1) is 0 Å². The van der Waals surface area contributed by atoms with Crippen LogP contribution in [0.4, 0.5) is 0 Å². The molecule has 0 aliphatic carbocycles. The number of hydrogen-bond donors (Lipinski definition) is 0. The van der Waals surface area contributed by atoms with Gasteiger partial charge in [0.1, 0.15) is 5.75 Å². The number of likely N-dealkylation sites (N-methyl/N-ethyl adjacent to an activating group) is 2. The van der Waals surface area contributed by atoms with Crippen LogP contribution >= 0.6 is 0 Å². The number of fused-ring (bicyclic) bond motifs is 1. The van der Waals surface area contributed by atoms with Crippen molar-refractivity contribution in [3.05, 3.63) is 42.0 Å². The van der Waals surface area contributed by atoms with Crippen LogP contribution in [0.5, 0.6) is 5.75 Å². The highest BCUT2D eigenvalue weighted by molar-refractivity contribution is 5.84. The van der Waals surface area contributed by atoms with Crippen LogP contribution < -0.4 is 4.74 Å². The Balaban J connectivity index is 1.60. The van der Waals surface area contributed by atoms with Crippen molar-refractivity contribution in [2.45, 2.75) is 6.54 Å². The Morgan fingerprint density at radius 1 is 1.08 bits per heavy atom. The Labute approximate surface area is 149 Å². The second-order valence-electron chi connectivity index (χ2n) is 6.88. The van der Waals surface area contributed by atoms with Crippen LogP contribution in [0.2, 0.25) is 0 Å². The van der Waals surface area contributed by atoms with Crippen LogP contribution in [-0.4, -0.2) is 74.5 Å². The summed E-state index contributed by atoms with van der Waals surface area (Å²) >= 11 is 0. The Morgan fingerprint density at radius 2 is 1.76 bits per heavy atom. The molecule has 1 saturated heterocycles. The maximum Gasteiger partial charge on any atom is 0.236 e. The van der Waals surface area contributed by atoms with E-state index < -0.39 is 0 Å². The van der Waals surface area contributed by atoms with E-state index >= 15 is 0 Å². The summed E-state index contributed by atoms with van der Waals surface area (Å²) in [7, 11) is 5.69. The van der Waals surface area contributed by atoms with Crippen molar-refractivity contribution < 1.29 is 9.53 Å². The van der Waals surface area contributed by atoms with Crippen molar-refractivity contribution in [2.75, 3.05) is 53.9 Å². The lowest BCUT2D eigenvalue weighted by Crippen LogP contribution is -2.48. The predicted molar refractivity (Wildman–Crippen MR) is 101 cm³/mol. The van der Waals surface area contributed by atoms with Crippen molar-refractivity contribution in [3.8, 4) is 5.75 Å². The van der Waals surface area contributed by atoms with E-state index in [4.69, 9.17) is 4.74 Å². The molecule has 0 radical (unpaired) electrons. The molecular formula is C20H27N3O2. The van der Waals surface area contributed by atoms with Gasteiger partial charge in [-0.1, -0.05) is 18.2 Å². The molecular weight excluding hydrogens is 314 g/mol. The highest BCUT2D eigenvalue weighted by Gasteiger charge is 2.18. The topological polar surface area (TPSA) is 36.0 Å². The van der Waals surface area contributed by atoms with Gasteiger partial charge in [-0.05, 0) is 41.6 Å². The van der Waals surface area contributed by atoms with Gasteiger partial charge >= 0.3 is 0 Å². The predicted octanol–water partition coefficient (Wildman–Crippen LogP) is 2.05. The Kier molecular flexibility index (Phi) is 5.56. The maximum absolute atomic E-state index is 12.5. The summed E-state index contributed by atoms with van der Waals surface area (Å²) in [5.74, 6) is 1.04. The average molecular weight is 341 g/mol. The normalized spacial score (nSPS) is 16.1. The monoisotopic (exact) mass is 341 g/mol. The van der Waals surface area contributed by atoms with E-state index in [0.717, 1.165) is 42.9 Å². The van der Waals surface area contributed by atoms with E-state index in [1.807, 2.05) is 24.1 Å². The fourth-order valence-corrected chi connectivity index (χ4v) is 3.18. The first-order valence-electron chi connectivity index (χ1n) is 8.77. The largest absolute Gasteiger partial charge is 0.497 e. The Hall–Kier alpha value is -2.11. The van der Waals surface area contributed by atoms with Crippen molar-refractivity contribution >= 4 is 16.7 Å². The molecule has 1 aliphatic rings. The molecule has 1 heterocycles. The molecule has 0 unspecified atom stereocenters. The van der Waals surface area contributed by atoms with Gasteiger partial charge in [0.05, 0.1) is 13.7 Å². The number of amides is 1. The van der Waals surface area contributed by atoms with Gasteiger partial charge < -0.3 is 14.5 Å². The summed E-state index contributed by atoms with van der Waals surface area (Å²) < 4.78 is 5.27.